The molecule has 2 rings (SSSR count). The molecule has 6 heteroatoms. The quantitative estimate of drug-likeness (QED) is 0.892. The molecule has 0 spiro atoms. The SMILES string of the molecule is COc1ccc(C)c(Nc2nc(N)ncc2Cl)c1. The topological polar surface area (TPSA) is 73.1 Å². The van der Waals surface area contributed by atoms with Crippen LogP contribution in [0.1, 0.15) is 5.56 Å². The molecule has 94 valence electrons. The molecule has 5 nitrogen and oxygen atoms in total. The fourth-order valence-electron chi connectivity index (χ4n) is 1.46. The van der Waals surface area contributed by atoms with Gasteiger partial charge in [0.1, 0.15) is 10.8 Å². The lowest BCUT2D eigenvalue weighted by Crippen LogP contribution is -2.01. The second-order valence-corrected chi connectivity index (χ2v) is 4.14. The molecule has 0 aliphatic rings. The highest BCUT2D eigenvalue weighted by Crippen LogP contribution is 2.27. The third-order valence-corrected chi connectivity index (χ3v) is 2.74. The van der Waals surface area contributed by atoms with Gasteiger partial charge in [0.05, 0.1) is 13.3 Å². The van der Waals surface area contributed by atoms with Gasteiger partial charge in [-0.3, -0.25) is 0 Å². The third-order valence-electron chi connectivity index (χ3n) is 2.46. The Morgan fingerprint density at radius 2 is 2.17 bits per heavy atom. The fourth-order valence-corrected chi connectivity index (χ4v) is 1.60. The zero-order valence-electron chi connectivity index (χ0n) is 10.1. The first-order valence-corrected chi connectivity index (χ1v) is 5.67. The highest BCUT2D eigenvalue weighted by Gasteiger charge is 2.07. The molecule has 0 aliphatic heterocycles. The zero-order chi connectivity index (χ0) is 13.1. The second-order valence-electron chi connectivity index (χ2n) is 3.73. The van der Waals surface area contributed by atoms with E-state index in [2.05, 4.69) is 15.3 Å². The number of hydrogen-bond acceptors (Lipinski definition) is 5. The van der Waals surface area contributed by atoms with Crippen LogP contribution < -0.4 is 15.8 Å². The lowest BCUT2D eigenvalue weighted by Gasteiger charge is -2.11. The van der Waals surface area contributed by atoms with Crippen molar-refractivity contribution >= 4 is 29.1 Å². The average Bonchev–Trinajstić information content (AvgIpc) is 2.36. The molecule has 0 bridgehead atoms. The van der Waals surface area contributed by atoms with E-state index in [1.54, 1.807) is 7.11 Å². The Balaban J connectivity index is 2.36. The number of benzene rings is 1. The van der Waals surface area contributed by atoms with Crippen molar-refractivity contribution in [2.75, 3.05) is 18.2 Å². The number of nitrogens with two attached hydrogens (primary N) is 1. The Bertz CT molecular complexity index is 574. The van der Waals surface area contributed by atoms with Crippen molar-refractivity contribution in [3.63, 3.8) is 0 Å². The van der Waals surface area contributed by atoms with Gasteiger partial charge in [-0.25, -0.2) is 4.98 Å². The summed E-state index contributed by atoms with van der Waals surface area (Å²) >= 11 is 6.00. The minimum Gasteiger partial charge on any atom is -0.497 e. The van der Waals surface area contributed by atoms with E-state index in [1.807, 2.05) is 25.1 Å². The van der Waals surface area contributed by atoms with Crippen LogP contribution in [0.5, 0.6) is 5.75 Å². The Morgan fingerprint density at radius 1 is 1.39 bits per heavy atom. The Labute approximate surface area is 110 Å². The summed E-state index contributed by atoms with van der Waals surface area (Å²) in [4.78, 5) is 7.85. The van der Waals surface area contributed by atoms with Crippen LogP contribution >= 0.6 is 11.6 Å². The van der Waals surface area contributed by atoms with E-state index in [9.17, 15) is 0 Å². The first kappa shape index (κ1) is 12.4. The number of methoxy groups -OCH3 is 1. The van der Waals surface area contributed by atoms with Gasteiger partial charge in [-0.2, -0.15) is 4.98 Å². The van der Waals surface area contributed by atoms with Crippen molar-refractivity contribution < 1.29 is 4.74 Å². The summed E-state index contributed by atoms with van der Waals surface area (Å²) in [5.74, 6) is 1.39. The van der Waals surface area contributed by atoms with Crippen molar-refractivity contribution in [1.82, 2.24) is 9.97 Å². The molecule has 0 saturated carbocycles. The van der Waals surface area contributed by atoms with Crippen molar-refractivity contribution in [2.24, 2.45) is 0 Å². The van der Waals surface area contributed by atoms with Crippen LogP contribution in [0.3, 0.4) is 0 Å². The fraction of sp³-hybridized carbons (Fsp3) is 0.167. The van der Waals surface area contributed by atoms with Gasteiger partial charge >= 0.3 is 0 Å². The van der Waals surface area contributed by atoms with Gasteiger partial charge < -0.3 is 15.8 Å². The van der Waals surface area contributed by atoms with Crippen LogP contribution in [0, 0.1) is 6.92 Å². The molecular weight excluding hydrogens is 252 g/mol. The average molecular weight is 265 g/mol. The van der Waals surface area contributed by atoms with E-state index in [0.29, 0.717) is 10.8 Å². The molecule has 2 aromatic rings. The highest BCUT2D eigenvalue weighted by atomic mass is 35.5. The molecule has 0 aliphatic carbocycles. The highest BCUT2D eigenvalue weighted by molar-refractivity contribution is 6.32. The Kier molecular flexibility index (Phi) is 3.53. The van der Waals surface area contributed by atoms with Crippen LogP contribution in [0.25, 0.3) is 0 Å². The molecule has 0 saturated heterocycles. The number of aromatic nitrogens is 2. The predicted octanol–water partition coefficient (Wildman–Crippen LogP) is 2.77. The van der Waals surface area contributed by atoms with Gasteiger partial charge in [0.2, 0.25) is 5.95 Å². The summed E-state index contributed by atoms with van der Waals surface area (Å²) in [5.41, 5.74) is 7.43. The Hall–Kier alpha value is -2.01. The Morgan fingerprint density at radius 3 is 2.89 bits per heavy atom. The number of hydrogen-bond donors (Lipinski definition) is 2. The predicted molar refractivity (Wildman–Crippen MR) is 72.5 cm³/mol. The number of nitrogens with zero attached hydrogens (tertiary/aromatic N) is 2. The smallest absolute Gasteiger partial charge is 0.222 e. The first-order chi connectivity index (χ1) is 8.60. The molecule has 0 radical (unpaired) electrons. The number of nitrogen functional groups attached to an aromatic ring is 1. The van der Waals surface area contributed by atoms with Crippen LogP contribution in [0.15, 0.2) is 24.4 Å². The lowest BCUT2D eigenvalue weighted by molar-refractivity contribution is 0.415. The van der Waals surface area contributed by atoms with Crippen molar-refractivity contribution in [3.8, 4) is 5.75 Å². The maximum Gasteiger partial charge on any atom is 0.222 e. The number of ether oxygens (including phenoxy) is 1. The van der Waals surface area contributed by atoms with Crippen LogP contribution in [-0.4, -0.2) is 17.1 Å². The largest absolute Gasteiger partial charge is 0.497 e. The van der Waals surface area contributed by atoms with E-state index in [0.717, 1.165) is 17.0 Å². The van der Waals surface area contributed by atoms with Crippen molar-refractivity contribution in [3.05, 3.63) is 35.0 Å². The molecule has 1 aromatic heterocycles. The van der Waals surface area contributed by atoms with Gasteiger partial charge in [-0.1, -0.05) is 17.7 Å². The molecule has 0 unspecified atom stereocenters. The molecule has 18 heavy (non-hydrogen) atoms. The van der Waals surface area contributed by atoms with E-state index in [4.69, 9.17) is 22.1 Å². The summed E-state index contributed by atoms with van der Waals surface area (Å²) in [5, 5.41) is 3.52. The van der Waals surface area contributed by atoms with Crippen molar-refractivity contribution in [1.29, 1.82) is 0 Å². The van der Waals surface area contributed by atoms with Crippen LogP contribution in [-0.2, 0) is 0 Å². The van der Waals surface area contributed by atoms with Gasteiger partial charge in [0, 0.05) is 11.8 Å². The minimum absolute atomic E-state index is 0.169. The van der Waals surface area contributed by atoms with Crippen LogP contribution in [0.2, 0.25) is 5.02 Å². The summed E-state index contributed by atoms with van der Waals surface area (Å²) < 4.78 is 5.17. The van der Waals surface area contributed by atoms with Gasteiger partial charge in [-0.15, -0.1) is 0 Å². The summed E-state index contributed by atoms with van der Waals surface area (Å²) in [6.07, 6.45) is 1.46. The summed E-state index contributed by atoms with van der Waals surface area (Å²) in [6.45, 7) is 1.97. The van der Waals surface area contributed by atoms with Gasteiger partial charge in [0.25, 0.3) is 0 Å². The van der Waals surface area contributed by atoms with Crippen LogP contribution in [0.4, 0.5) is 17.5 Å². The molecule has 1 heterocycles. The second kappa shape index (κ2) is 5.10. The molecule has 0 amide bonds. The normalized spacial score (nSPS) is 10.2. The van der Waals surface area contributed by atoms with E-state index < -0.39 is 0 Å². The summed E-state index contributed by atoms with van der Waals surface area (Å²) in [7, 11) is 1.62. The number of anilines is 3. The van der Waals surface area contributed by atoms with Gasteiger partial charge in [0.15, 0.2) is 5.82 Å². The first-order valence-electron chi connectivity index (χ1n) is 5.30. The molecule has 0 fully saturated rings. The monoisotopic (exact) mass is 264 g/mol. The maximum absolute atomic E-state index is 6.00. The number of nitrogens with one attached hydrogen (secondary N) is 1. The number of halogens is 1. The zero-order valence-corrected chi connectivity index (χ0v) is 10.8. The van der Waals surface area contributed by atoms with Gasteiger partial charge in [-0.05, 0) is 18.6 Å². The number of rotatable bonds is 3. The molecule has 1 aromatic carbocycles. The maximum atomic E-state index is 6.00. The lowest BCUT2D eigenvalue weighted by atomic mass is 10.2. The third kappa shape index (κ3) is 2.62. The van der Waals surface area contributed by atoms with E-state index in [1.165, 1.54) is 6.20 Å². The molecular formula is C12H13ClN4O. The van der Waals surface area contributed by atoms with Crippen molar-refractivity contribution in [2.45, 2.75) is 6.92 Å². The van der Waals surface area contributed by atoms with E-state index >= 15 is 0 Å². The number of aryl methyl sites for hydroxylation is 1. The standard InChI is InChI=1S/C12H13ClN4O/c1-7-3-4-8(18-2)5-10(7)16-11-9(13)6-15-12(14)17-11/h3-6H,1-2H3,(H3,14,15,16,17). The molecule has 0 atom stereocenters. The minimum atomic E-state index is 0.169. The summed E-state index contributed by atoms with van der Waals surface area (Å²) in [6, 6.07) is 5.69. The van der Waals surface area contributed by atoms with E-state index in [-0.39, 0.29) is 5.95 Å². The molecule has 3 N–H and O–H groups in total.